The molecule has 3 nitrogen and oxygen atoms in total. The molecule has 0 unspecified atom stereocenters. The van der Waals surface area contributed by atoms with Gasteiger partial charge in [0.15, 0.2) is 5.76 Å². The van der Waals surface area contributed by atoms with Crippen molar-refractivity contribution in [3.63, 3.8) is 0 Å². The van der Waals surface area contributed by atoms with E-state index in [9.17, 15) is 0 Å². The molecular weight excluding hydrogens is 224 g/mol. The largest absolute Gasteiger partial charge is 0.356 e. The van der Waals surface area contributed by atoms with E-state index in [1.54, 1.807) is 0 Å². The smallest absolute Gasteiger partial charge is 0.167 e. The average molecular weight is 242 g/mol. The summed E-state index contributed by atoms with van der Waals surface area (Å²) in [6.07, 6.45) is 2.59. The lowest BCUT2D eigenvalue weighted by atomic mass is 10.0. The van der Waals surface area contributed by atoms with E-state index in [-0.39, 0.29) is 0 Å². The van der Waals surface area contributed by atoms with Gasteiger partial charge in [0.25, 0.3) is 0 Å². The van der Waals surface area contributed by atoms with Crippen LogP contribution in [-0.2, 0) is 6.54 Å². The number of aromatic nitrogens is 1. The molecule has 0 atom stereocenters. The van der Waals surface area contributed by atoms with E-state index in [1.165, 1.54) is 24.0 Å². The minimum atomic E-state index is 0.700. The zero-order valence-electron chi connectivity index (χ0n) is 10.9. The molecule has 1 aromatic heterocycles. The number of hydrogen-bond donors (Lipinski definition) is 1. The topological polar surface area (TPSA) is 38.1 Å². The summed E-state index contributed by atoms with van der Waals surface area (Å²) in [7, 11) is 0. The number of aryl methyl sites for hydroxylation is 2. The zero-order chi connectivity index (χ0) is 12.5. The lowest BCUT2D eigenvalue weighted by Crippen LogP contribution is -2.15. The van der Waals surface area contributed by atoms with Gasteiger partial charge in [-0.2, -0.15) is 0 Å². The van der Waals surface area contributed by atoms with Crippen molar-refractivity contribution in [3.05, 3.63) is 41.1 Å². The van der Waals surface area contributed by atoms with Gasteiger partial charge < -0.3 is 9.84 Å². The first kappa shape index (κ1) is 11.5. The highest BCUT2D eigenvalue weighted by molar-refractivity contribution is 5.62. The molecule has 0 saturated heterocycles. The molecule has 1 heterocycles. The van der Waals surface area contributed by atoms with Crippen molar-refractivity contribution in [2.24, 2.45) is 0 Å². The number of hydrogen-bond acceptors (Lipinski definition) is 3. The van der Waals surface area contributed by atoms with Crippen LogP contribution in [-0.4, -0.2) is 11.2 Å². The van der Waals surface area contributed by atoms with Crippen molar-refractivity contribution in [2.45, 2.75) is 39.3 Å². The Hall–Kier alpha value is -1.61. The van der Waals surface area contributed by atoms with E-state index in [4.69, 9.17) is 4.52 Å². The van der Waals surface area contributed by atoms with Crippen LogP contribution in [0.25, 0.3) is 11.3 Å². The summed E-state index contributed by atoms with van der Waals surface area (Å²) < 4.78 is 5.45. The Morgan fingerprint density at radius 3 is 2.89 bits per heavy atom. The maximum absolute atomic E-state index is 5.45. The number of rotatable bonds is 4. The Morgan fingerprint density at radius 2 is 2.11 bits per heavy atom. The Bertz CT molecular complexity index is 555. The summed E-state index contributed by atoms with van der Waals surface area (Å²) in [6, 6.07) is 9.12. The van der Waals surface area contributed by atoms with E-state index in [0.717, 1.165) is 23.6 Å². The first-order chi connectivity index (χ1) is 8.72. The highest BCUT2D eigenvalue weighted by Crippen LogP contribution is 2.25. The van der Waals surface area contributed by atoms with Crippen molar-refractivity contribution in [2.75, 3.05) is 0 Å². The zero-order valence-corrected chi connectivity index (χ0v) is 10.9. The fourth-order valence-electron chi connectivity index (χ4n) is 2.06. The van der Waals surface area contributed by atoms with Crippen LogP contribution in [0, 0.1) is 13.8 Å². The molecule has 2 aromatic rings. The van der Waals surface area contributed by atoms with Crippen molar-refractivity contribution in [3.8, 4) is 11.3 Å². The summed E-state index contributed by atoms with van der Waals surface area (Å²) in [5, 5.41) is 7.57. The molecule has 0 amide bonds. The Morgan fingerprint density at radius 1 is 1.28 bits per heavy atom. The second kappa shape index (κ2) is 4.58. The van der Waals surface area contributed by atoms with Crippen LogP contribution >= 0.6 is 0 Å². The molecule has 0 spiro atoms. The van der Waals surface area contributed by atoms with E-state index >= 15 is 0 Å². The lowest BCUT2D eigenvalue weighted by molar-refractivity contribution is 0.419. The van der Waals surface area contributed by atoms with Crippen LogP contribution < -0.4 is 5.32 Å². The Balaban J connectivity index is 1.80. The standard InChI is InChI=1S/C15H18N2O/c1-10-3-4-11(2)14(7-10)15-8-13(17-18-15)9-16-12-5-6-12/h3-4,7-8,12,16H,5-6,9H2,1-2H3. The highest BCUT2D eigenvalue weighted by atomic mass is 16.5. The molecule has 1 fully saturated rings. The minimum Gasteiger partial charge on any atom is -0.356 e. The van der Waals surface area contributed by atoms with Gasteiger partial charge in [0.05, 0.1) is 5.69 Å². The van der Waals surface area contributed by atoms with Gasteiger partial charge in [-0.05, 0) is 38.3 Å². The van der Waals surface area contributed by atoms with Gasteiger partial charge in [0.1, 0.15) is 0 Å². The summed E-state index contributed by atoms with van der Waals surface area (Å²) >= 11 is 0. The van der Waals surface area contributed by atoms with Gasteiger partial charge >= 0.3 is 0 Å². The van der Waals surface area contributed by atoms with Gasteiger partial charge in [0, 0.05) is 24.2 Å². The normalized spacial score (nSPS) is 15.0. The van der Waals surface area contributed by atoms with Crippen LogP contribution in [0.2, 0.25) is 0 Å². The molecule has 0 aliphatic heterocycles. The van der Waals surface area contributed by atoms with Gasteiger partial charge in [0.2, 0.25) is 0 Å². The van der Waals surface area contributed by atoms with Gasteiger partial charge in [-0.1, -0.05) is 22.9 Å². The van der Waals surface area contributed by atoms with Gasteiger partial charge in [-0.15, -0.1) is 0 Å². The molecule has 3 heteroatoms. The minimum absolute atomic E-state index is 0.700. The predicted molar refractivity (Wildman–Crippen MR) is 71.3 cm³/mol. The molecule has 1 saturated carbocycles. The van der Waals surface area contributed by atoms with Crippen LogP contribution in [0.3, 0.4) is 0 Å². The Labute approximate surface area is 107 Å². The fourth-order valence-corrected chi connectivity index (χ4v) is 2.06. The number of benzene rings is 1. The van der Waals surface area contributed by atoms with Crippen molar-refractivity contribution in [1.29, 1.82) is 0 Å². The molecule has 1 N–H and O–H groups in total. The van der Waals surface area contributed by atoms with E-state index < -0.39 is 0 Å². The molecular formula is C15H18N2O. The third-order valence-electron chi connectivity index (χ3n) is 3.37. The molecule has 0 radical (unpaired) electrons. The molecule has 94 valence electrons. The summed E-state index contributed by atoms with van der Waals surface area (Å²) in [4.78, 5) is 0. The maximum atomic E-state index is 5.45. The third kappa shape index (κ3) is 2.46. The first-order valence-corrected chi connectivity index (χ1v) is 6.49. The molecule has 1 aliphatic rings. The van der Waals surface area contributed by atoms with Crippen LogP contribution in [0.15, 0.2) is 28.8 Å². The van der Waals surface area contributed by atoms with Crippen molar-refractivity contribution in [1.82, 2.24) is 10.5 Å². The second-order valence-corrected chi connectivity index (χ2v) is 5.16. The van der Waals surface area contributed by atoms with E-state index in [1.807, 2.05) is 6.07 Å². The second-order valence-electron chi connectivity index (χ2n) is 5.16. The number of nitrogens with zero attached hydrogens (tertiary/aromatic N) is 1. The monoisotopic (exact) mass is 242 g/mol. The first-order valence-electron chi connectivity index (χ1n) is 6.49. The van der Waals surface area contributed by atoms with Gasteiger partial charge in [-0.25, -0.2) is 0 Å². The molecule has 0 bridgehead atoms. The molecule has 1 aliphatic carbocycles. The molecule has 3 rings (SSSR count). The lowest BCUT2D eigenvalue weighted by Gasteiger charge is -2.02. The fraction of sp³-hybridized carbons (Fsp3) is 0.400. The van der Waals surface area contributed by atoms with Crippen molar-refractivity contribution < 1.29 is 4.52 Å². The number of nitrogens with one attached hydrogen (secondary N) is 1. The van der Waals surface area contributed by atoms with Crippen molar-refractivity contribution >= 4 is 0 Å². The highest BCUT2D eigenvalue weighted by Gasteiger charge is 2.20. The third-order valence-corrected chi connectivity index (χ3v) is 3.37. The molecule has 1 aromatic carbocycles. The summed E-state index contributed by atoms with van der Waals surface area (Å²) in [5.41, 5.74) is 4.58. The summed E-state index contributed by atoms with van der Waals surface area (Å²) in [5.74, 6) is 0.865. The molecule has 18 heavy (non-hydrogen) atoms. The van der Waals surface area contributed by atoms with E-state index in [0.29, 0.717) is 6.04 Å². The van der Waals surface area contributed by atoms with Gasteiger partial charge in [-0.3, -0.25) is 0 Å². The van der Waals surface area contributed by atoms with Crippen LogP contribution in [0.1, 0.15) is 29.7 Å². The predicted octanol–water partition coefficient (Wildman–Crippen LogP) is 3.21. The average Bonchev–Trinajstić information content (AvgIpc) is 3.08. The van der Waals surface area contributed by atoms with Crippen LogP contribution in [0.4, 0.5) is 0 Å². The van der Waals surface area contributed by atoms with Crippen LogP contribution in [0.5, 0.6) is 0 Å². The SMILES string of the molecule is Cc1ccc(C)c(-c2cc(CNC3CC3)no2)c1. The quantitative estimate of drug-likeness (QED) is 0.894. The maximum Gasteiger partial charge on any atom is 0.167 e. The Kier molecular flexibility index (Phi) is 2.92. The summed E-state index contributed by atoms with van der Waals surface area (Å²) in [6.45, 7) is 4.99. The van der Waals surface area contributed by atoms with E-state index in [2.05, 4.69) is 42.5 Å².